The quantitative estimate of drug-likeness (QED) is 0.747. The Hall–Kier alpha value is -2.26. The van der Waals surface area contributed by atoms with Crippen LogP contribution >= 0.6 is 0 Å². The summed E-state index contributed by atoms with van der Waals surface area (Å²) in [6, 6.07) is 10.8. The van der Waals surface area contributed by atoms with E-state index in [0.717, 1.165) is 36.2 Å². The monoisotopic (exact) mass is 336 g/mol. The highest BCUT2D eigenvalue weighted by Crippen LogP contribution is 2.33. The van der Waals surface area contributed by atoms with E-state index in [0.29, 0.717) is 0 Å². The fraction of sp³-hybridized carbons (Fsp3) is 0.318. The Morgan fingerprint density at radius 2 is 1.84 bits per heavy atom. The number of hydrogen-bond donors (Lipinski definition) is 0. The number of halogens is 1. The molecule has 0 saturated heterocycles. The second-order valence-electron chi connectivity index (χ2n) is 6.99. The summed E-state index contributed by atoms with van der Waals surface area (Å²) in [5.41, 5.74) is 7.84. The number of pyridine rings is 1. The molecule has 0 amide bonds. The second-order valence-corrected chi connectivity index (χ2v) is 6.99. The van der Waals surface area contributed by atoms with Gasteiger partial charge in [0, 0.05) is 18.3 Å². The van der Waals surface area contributed by atoms with Crippen LogP contribution in [0.1, 0.15) is 29.7 Å². The van der Waals surface area contributed by atoms with Crippen LogP contribution in [-0.2, 0) is 6.54 Å². The zero-order valence-electron chi connectivity index (χ0n) is 15.2. The molecule has 0 radical (unpaired) electrons. The van der Waals surface area contributed by atoms with Crippen LogP contribution in [0, 0.1) is 6.92 Å². The van der Waals surface area contributed by atoms with Crippen LogP contribution in [0.2, 0.25) is 0 Å². The summed E-state index contributed by atoms with van der Waals surface area (Å²) in [5.74, 6) is 0. The first-order valence-electron chi connectivity index (χ1n) is 8.72. The predicted octanol–water partition coefficient (Wildman–Crippen LogP) is 5.19. The van der Waals surface area contributed by atoms with E-state index in [1.807, 2.05) is 18.3 Å². The van der Waals surface area contributed by atoms with Gasteiger partial charge in [-0.1, -0.05) is 42.0 Å². The molecule has 25 heavy (non-hydrogen) atoms. The van der Waals surface area contributed by atoms with Crippen molar-refractivity contribution in [3.63, 3.8) is 0 Å². The maximum Gasteiger partial charge on any atom is 0.111 e. The maximum atomic E-state index is 12.8. The van der Waals surface area contributed by atoms with Crippen LogP contribution in [0.25, 0.3) is 16.7 Å². The van der Waals surface area contributed by atoms with Gasteiger partial charge in [-0.2, -0.15) is 0 Å². The molecule has 0 saturated carbocycles. The van der Waals surface area contributed by atoms with Crippen molar-refractivity contribution in [2.24, 2.45) is 0 Å². The molecule has 0 N–H and O–H groups in total. The fourth-order valence-corrected chi connectivity index (χ4v) is 3.16. The van der Waals surface area contributed by atoms with Crippen molar-refractivity contribution >= 4 is 5.57 Å². The van der Waals surface area contributed by atoms with Crippen molar-refractivity contribution in [3.05, 3.63) is 71.1 Å². The SMILES string of the molecule is Cc1ccc(-c2cc(CN(C)C)cnc2C2=CC=C(CF)CC2)cc1. The highest BCUT2D eigenvalue weighted by molar-refractivity contribution is 5.80. The summed E-state index contributed by atoms with van der Waals surface area (Å²) < 4.78 is 12.8. The molecular weight excluding hydrogens is 311 g/mol. The Balaban J connectivity index is 2.06. The molecule has 1 aliphatic carbocycles. The van der Waals surface area contributed by atoms with E-state index in [2.05, 4.69) is 56.3 Å². The van der Waals surface area contributed by atoms with Gasteiger partial charge in [-0.15, -0.1) is 0 Å². The van der Waals surface area contributed by atoms with Gasteiger partial charge in [-0.25, -0.2) is 4.39 Å². The van der Waals surface area contributed by atoms with Crippen LogP contribution in [0.4, 0.5) is 4.39 Å². The van der Waals surface area contributed by atoms with E-state index < -0.39 is 0 Å². The van der Waals surface area contributed by atoms with Gasteiger partial charge in [0.15, 0.2) is 0 Å². The largest absolute Gasteiger partial charge is 0.305 e. The van der Waals surface area contributed by atoms with Gasteiger partial charge in [-0.3, -0.25) is 4.98 Å². The van der Waals surface area contributed by atoms with Crippen molar-refractivity contribution in [1.29, 1.82) is 0 Å². The molecule has 1 aromatic carbocycles. The summed E-state index contributed by atoms with van der Waals surface area (Å²) in [4.78, 5) is 6.93. The minimum absolute atomic E-state index is 0.357. The number of rotatable bonds is 5. The smallest absolute Gasteiger partial charge is 0.111 e. The number of allylic oxidation sites excluding steroid dienone is 4. The van der Waals surface area contributed by atoms with Gasteiger partial charge in [0.25, 0.3) is 0 Å². The number of benzene rings is 1. The number of hydrogen-bond acceptors (Lipinski definition) is 2. The highest BCUT2D eigenvalue weighted by atomic mass is 19.1. The van der Waals surface area contributed by atoms with Crippen molar-refractivity contribution in [2.75, 3.05) is 20.8 Å². The number of aromatic nitrogens is 1. The van der Waals surface area contributed by atoms with Gasteiger partial charge < -0.3 is 4.90 Å². The molecule has 2 nitrogen and oxygen atoms in total. The van der Waals surface area contributed by atoms with Crippen molar-refractivity contribution in [2.45, 2.75) is 26.3 Å². The molecule has 1 aliphatic rings. The summed E-state index contributed by atoms with van der Waals surface area (Å²) in [6.45, 7) is 2.60. The number of nitrogens with zero attached hydrogens (tertiary/aromatic N) is 2. The van der Waals surface area contributed by atoms with E-state index in [1.165, 1.54) is 22.3 Å². The molecule has 3 heteroatoms. The molecule has 0 atom stereocenters. The molecule has 2 aromatic rings. The summed E-state index contributed by atoms with van der Waals surface area (Å²) in [6.07, 6.45) is 7.52. The minimum atomic E-state index is -0.357. The molecule has 3 rings (SSSR count). The summed E-state index contributed by atoms with van der Waals surface area (Å²) in [5, 5.41) is 0. The lowest BCUT2D eigenvalue weighted by Crippen LogP contribution is -2.11. The summed E-state index contributed by atoms with van der Waals surface area (Å²) in [7, 11) is 4.12. The van der Waals surface area contributed by atoms with E-state index in [-0.39, 0.29) is 6.67 Å². The first kappa shape index (κ1) is 17.6. The zero-order valence-corrected chi connectivity index (χ0v) is 15.2. The average molecular weight is 336 g/mol. The zero-order chi connectivity index (χ0) is 17.8. The predicted molar refractivity (Wildman–Crippen MR) is 103 cm³/mol. The average Bonchev–Trinajstić information content (AvgIpc) is 2.62. The molecule has 0 fully saturated rings. The lowest BCUT2D eigenvalue weighted by molar-refractivity contribution is 0.402. The van der Waals surface area contributed by atoms with Crippen LogP contribution in [0.3, 0.4) is 0 Å². The van der Waals surface area contributed by atoms with Crippen LogP contribution in [0.15, 0.2) is 54.3 Å². The van der Waals surface area contributed by atoms with Gasteiger partial charge in [-0.05, 0) is 62.2 Å². The van der Waals surface area contributed by atoms with E-state index in [4.69, 9.17) is 4.98 Å². The Morgan fingerprint density at radius 3 is 2.44 bits per heavy atom. The minimum Gasteiger partial charge on any atom is -0.305 e. The van der Waals surface area contributed by atoms with Gasteiger partial charge in [0.1, 0.15) is 6.67 Å². The molecule has 130 valence electrons. The Bertz CT molecular complexity index is 801. The molecular formula is C22H25FN2. The Labute approximate surface area is 149 Å². The third-order valence-electron chi connectivity index (χ3n) is 4.52. The molecule has 0 aliphatic heterocycles. The molecule has 1 heterocycles. The summed E-state index contributed by atoms with van der Waals surface area (Å²) >= 11 is 0. The first-order valence-corrected chi connectivity index (χ1v) is 8.72. The van der Waals surface area contributed by atoms with Gasteiger partial charge >= 0.3 is 0 Å². The van der Waals surface area contributed by atoms with Gasteiger partial charge in [0.05, 0.1) is 5.69 Å². The maximum absolute atomic E-state index is 12.8. The van der Waals surface area contributed by atoms with Crippen LogP contribution in [-0.4, -0.2) is 30.7 Å². The second kappa shape index (κ2) is 7.75. The number of alkyl halides is 1. The van der Waals surface area contributed by atoms with Crippen molar-refractivity contribution < 1.29 is 4.39 Å². The lowest BCUT2D eigenvalue weighted by Gasteiger charge is -2.18. The van der Waals surface area contributed by atoms with Crippen LogP contribution in [0.5, 0.6) is 0 Å². The van der Waals surface area contributed by atoms with Crippen molar-refractivity contribution in [1.82, 2.24) is 9.88 Å². The lowest BCUT2D eigenvalue weighted by atomic mass is 9.91. The molecule has 1 aromatic heterocycles. The Morgan fingerprint density at radius 1 is 1.08 bits per heavy atom. The first-order chi connectivity index (χ1) is 12.1. The standard InChI is InChI=1S/C22H25FN2/c1-16-4-8-19(9-5-16)21-12-18(15-25(2)3)14-24-22(21)20-10-6-17(13-23)7-11-20/h4-6,8-10,12,14H,7,11,13,15H2,1-3H3. The molecule has 0 unspecified atom stereocenters. The number of aryl methyl sites for hydroxylation is 1. The molecule has 0 bridgehead atoms. The third kappa shape index (κ3) is 4.23. The van der Waals surface area contributed by atoms with Crippen LogP contribution < -0.4 is 0 Å². The van der Waals surface area contributed by atoms with Crippen molar-refractivity contribution in [3.8, 4) is 11.1 Å². The fourth-order valence-electron chi connectivity index (χ4n) is 3.16. The van der Waals surface area contributed by atoms with E-state index in [1.54, 1.807) is 0 Å². The Kier molecular flexibility index (Phi) is 5.44. The normalized spacial score (nSPS) is 14.4. The van der Waals surface area contributed by atoms with Gasteiger partial charge in [0.2, 0.25) is 0 Å². The van der Waals surface area contributed by atoms with E-state index >= 15 is 0 Å². The van der Waals surface area contributed by atoms with E-state index in [9.17, 15) is 4.39 Å². The topological polar surface area (TPSA) is 16.1 Å². The highest BCUT2D eigenvalue weighted by Gasteiger charge is 2.15. The third-order valence-corrected chi connectivity index (χ3v) is 4.52. The molecule has 0 spiro atoms.